The van der Waals surface area contributed by atoms with Crippen LogP contribution in [-0.4, -0.2) is 11.8 Å². The summed E-state index contributed by atoms with van der Waals surface area (Å²) in [6.07, 6.45) is 4.81. The number of carbonyl (C=O) groups is 2. The highest BCUT2D eigenvalue weighted by Crippen LogP contribution is 2.14. The predicted octanol–water partition coefficient (Wildman–Crippen LogP) is 2.69. The maximum atomic E-state index is 12.3. The Labute approximate surface area is 136 Å². The van der Waals surface area contributed by atoms with Crippen molar-refractivity contribution in [3.63, 3.8) is 0 Å². The summed E-state index contributed by atoms with van der Waals surface area (Å²) < 4.78 is 1.88. The minimum absolute atomic E-state index is 0.0912. The fraction of sp³-hybridized carbons (Fsp3) is 0.278. The number of aromatic nitrogens is 1. The van der Waals surface area contributed by atoms with Crippen LogP contribution in [0.2, 0.25) is 0 Å². The van der Waals surface area contributed by atoms with E-state index < -0.39 is 0 Å². The van der Waals surface area contributed by atoms with Crippen LogP contribution in [0.4, 0.5) is 11.4 Å². The Morgan fingerprint density at radius 3 is 2.00 bits per heavy atom. The van der Waals surface area contributed by atoms with E-state index in [0.717, 1.165) is 6.42 Å². The molecule has 120 valence electrons. The summed E-state index contributed by atoms with van der Waals surface area (Å²) in [4.78, 5) is 23.3. The van der Waals surface area contributed by atoms with Crippen molar-refractivity contribution in [1.82, 2.24) is 0 Å². The van der Waals surface area contributed by atoms with Crippen molar-refractivity contribution in [3.05, 3.63) is 54.4 Å². The van der Waals surface area contributed by atoms with Crippen LogP contribution in [0, 0.1) is 0 Å². The van der Waals surface area contributed by atoms with Gasteiger partial charge in [0.25, 0.3) is 5.91 Å². The van der Waals surface area contributed by atoms with Gasteiger partial charge >= 0.3 is 0 Å². The van der Waals surface area contributed by atoms with Crippen LogP contribution in [0.5, 0.6) is 0 Å². The average molecular weight is 312 g/mol. The number of rotatable bonds is 5. The Morgan fingerprint density at radius 1 is 1.00 bits per heavy atom. The van der Waals surface area contributed by atoms with E-state index in [1.54, 1.807) is 24.3 Å². The Kier molecular flexibility index (Phi) is 5.46. The summed E-state index contributed by atoms with van der Waals surface area (Å²) in [5, 5.41) is 5.57. The summed E-state index contributed by atoms with van der Waals surface area (Å²) in [7, 11) is 0. The van der Waals surface area contributed by atoms with Gasteiger partial charge < -0.3 is 10.6 Å². The molecule has 1 atom stereocenters. The topological polar surface area (TPSA) is 62.1 Å². The Hall–Kier alpha value is -2.69. The zero-order valence-electron chi connectivity index (χ0n) is 13.7. The summed E-state index contributed by atoms with van der Waals surface area (Å²) >= 11 is 0. The van der Waals surface area contributed by atoms with E-state index >= 15 is 0 Å². The zero-order valence-corrected chi connectivity index (χ0v) is 13.7. The molecule has 0 aliphatic carbocycles. The minimum Gasteiger partial charge on any atom is -0.326 e. The molecule has 0 spiro atoms. The van der Waals surface area contributed by atoms with Gasteiger partial charge in [0.15, 0.2) is 12.4 Å². The number of aryl methyl sites for hydroxylation is 1. The van der Waals surface area contributed by atoms with Crippen LogP contribution in [0.25, 0.3) is 0 Å². The van der Waals surface area contributed by atoms with Gasteiger partial charge in [-0.25, -0.2) is 0 Å². The molecule has 2 rings (SSSR count). The smallest absolute Gasteiger partial charge is 0.293 e. The number of benzene rings is 1. The fourth-order valence-electron chi connectivity index (χ4n) is 2.19. The second-order valence-electron chi connectivity index (χ2n) is 5.43. The van der Waals surface area contributed by atoms with E-state index in [4.69, 9.17) is 0 Å². The maximum Gasteiger partial charge on any atom is 0.293 e. The third kappa shape index (κ3) is 4.64. The van der Waals surface area contributed by atoms with Crippen molar-refractivity contribution in [2.24, 2.45) is 0 Å². The van der Waals surface area contributed by atoms with E-state index in [9.17, 15) is 9.59 Å². The van der Waals surface area contributed by atoms with Crippen LogP contribution in [0.3, 0.4) is 0 Å². The molecule has 0 aliphatic heterocycles. The SMILES string of the molecule is CCc1cc[n+]([C@@H](C)C(=O)Nc2ccc(NC(C)=O)cc2)cc1. The molecular formula is C18H22N3O2+. The van der Waals surface area contributed by atoms with Crippen LogP contribution in [0.15, 0.2) is 48.8 Å². The molecule has 0 saturated carbocycles. The van der Waals surface area contributed by atoms with E-state index in [1.165, 1.54) is 12.5 Å². The Morgan fingerprint density at radius 2 is 1.52 bits per heavy atom. The van der Waals surface area contributed by atoms with Crippen molar-refractivity contribution in [2.45, 2.75) is 33.2 Å². The van der Waals surface area contributed by atoms with E-state index in [2.05, 4.69) is 17.6 Å². The van der Waals surface area contributed by atoms with Crippen LogP contribution in [-0.2, 0) is 16.0 Å². The van der Waals surface area contributed by atoms with E-state index in [-0.39, 0.29) is 17.9 Å². The first-order chi connectivity index (χ1) is 11.0. The van der Waals surface area contributed by atoms with Crippen molar-refractivity contribution in [3.8, 4) is 0 Å². The van der Waals surface area contributed by atoms with E-state index in [1.807, 2.05) is 36.0 Å². The molecule has 2 amide bonds. The first kappa shape index (κ1) is 16.7. The Balaban J connectivity index is 2.01. The predicted molar refractivity (Wildman–Crippen MR) is 90.1 cm³/mol. The molecule has 1 aromatic heterocycles. The van der Waals surface area contributed by atoms with Gasteiger partial charge in [0.1, 0.15) is 0 Å². The fourth-order valence-corrected chi connectivity index (χ4v) is 2.19. The first-order valence-electron chi connectivity index (χ1n) is 7.67. The van der Waals surface area contributed by atoms with Crippen molar-refractivity contribution in [2.75, 3.05) is 10.6 Å². The van der Waals surface area contributed by atoms with E-state index in [0.29, 0.717) is 11.4 Å². The third-order valence-corrected chi connectivity index (χ3v) is 3.63. The standard InChI is InChI=1S/C18H21N3O2/c1-4-15-9-11-21(12-10-15)13(2)18(23)20-17-7-5-16(6-8-17)19-14(3)22/h5-13H,4H2,1-3H3,(H-,19,20,22,23)/p+1/t13-/m0/s1. The molecule has 0 unspecified atom stereocenters. The minimum atomic E-state index is -0.309. The summed E-state index contributed by atoms with van der Waals surface area (Å²) in [6, 6.07) is 10.8. The molecule has 2 aromatic rings. The molecule has 0 radical (unpaired) electrons. The van der Waals surface area contributed by atoms with Gasteiger partial charge in [-0.15, -0.1) is 0 Å². The molecule has 5 heteroatoms. The molecule has 5 nitrogen and oxygen atoms in total. The van der Waals surface area contributed by atoms with Crippen LogP contribution in [0.1, 0.15) is 32.4 Å². The van der Waals surface area contributed by atoms with Gasteiger partial charge in [-0.3, -0.25) is 9.59 Å². The molecule has 1 aromatic carbocycles. The normalized spacial score (nSPS) is 11.6. The monoisotopic (exact) mass is 312 g/mol. The molecular weight excluding hydrogens is 290 g/mol. The summed E-state index contributed by atoms with van der Waals surface area (Å²) in [5.74, 6) is -0.214. The largest absolute Gasteiger partial charge is 0.326 e. The molecule has 23 heavy (non-hydrogen) atoms. The number of anilines is 2. The van der Waals surface area contributed by atoms with Gasteiger partial charge in [-0.2, -0.15) is 4.57 Å². The molecule has 0 fully saturated rings. The second kappa shape index (κ2) is 7.54. The lowest BCUT2D eigenvalue weighted by atomic mass is 10.2. The lowest BCUT2D eigenvalue weighted by Gasteiger charge is -2.10. The number of amides is 2. The number of pyridine rings is 1. The summed E-state index contributed by atoms with van der Waals surface area (Å²) in [6.45, 7) is 5.41. The highest BCUT2D eigenvalue weighted by Gasteiger charge is 2.21. The lowest BCUT2D eigenvalue weighted by molar-refractivity contribution is -0.705. The number of hydrogen-bond donors (Lipinski definition) is 2. The quantitative estimate of drug-likeness (QED) is 0.834. The third-order valence-electron chi connectivity index (χ3n) is 3.63. The van der Waals surface area contributed by atoms with Crippen LogP contribution < -0.4 is 15.2 Å². The average Bonchev–Trinajstić information content (AvgIpc) is 2.55. The molecule has 0 aliphatic rings. The molecule has 0 saturated heterocycles. The lowest BCUT2D eigenvalue weighted by Crippen LogP contribution is -2.44. The highest BCUT2D eigenvalue weighted by atomic mass is 16.2. The second-order valence-corrected chi connectivity index (χ2v) is 5.43. The maximum absolute atomic E-state index is 12.3. The Bertz CT molecular complexity index is 678. The molecule has 0 bridgehead atoms. The zero-order chi connectivity index (χ0) is 16.8. The van der Waals surface area contributed by atoms with Crippen molar-refractivity contribution in [1.29, 1.82) is 0 Å². The number of hydrogen-bond acceptors (Lipinski definition) is 2. The summed E-state index contributed by atoms with van der Waals surface area (Å²) in [5.41, 5.74) is 2.64. The van der Waals surface area contributed by atoms with Crippen LogP contribution >= 0.6 is 0 Å². The van der Waals surface area contributed by atoms with Gasteiger partial charge in [-0.05, 0) is 36.2 Å². The number of nitrogens with one attached hydrogen (secondary N) is 2. The molecule has 1 heterocycles. The van der Waals surface area contributed by atoms with Gasteiger partial charge in [0.05, 0.1) is 0 Å². The van der Waals surface area contributed by atoms with Gasteiger partial charge in [-0.1, -0.05) is 6.92 Å². The molecule has 2 N–H and O–H groups in total. The first-order valence-corrected chi connectivity index (χ1v) is 7.67. The number of carbonyl (C=O) groups excluding carboxylic acids is 2. The highest BCUT2D eigenvalue weighted by molar-refractivity contribution is 5.93. The van der Waals surface area contributed by atoms with Gasteiger partial charge in [0.2, 0.25) is 11.9 Å². The van der Waals surface area contributed by atoms with Crippen molar-refractivity contribution < 1.29 is 14.2 Å². The number of nitrogens with zero attached hydrogens (tertiary/aromatic N) is 1. The van der Waals surface area contributed by atoms with Gasteiger partial charge in [0, 0.05) is 37.4 Å². The van der Waals surface area contributed by atoms with Crippen molar-refractivity contribution >= 4 is 23.2 Å².